The van der Waals surface area contributed by atoms with Crippen LogP contribution in [0.5, 0.6) is 11.5 Å². The van der Waals surface area contributed by atoms with Crippen molar-refractivity contribution < 1.29 is 23.5 Å². The minimum Gasteiger partial charge on any atom is -0.493 e. The second-order valence-corrected chi connectivity index (χ2v) is 8.25. The lowest BCUT2D eigenvalue weighted by Gasteiger charge is -2.32. The van der Waals surface area contributed by atoms with Gasteiger partial charge in [-0.05, 0) is 50.5 Å². The van der Waals surface area contributed by atoms with E-state index >= 15 is 0 Å². The SMILES string of the molecule is CCCCCCOc1ccc(C(=O)N2CCC(NC(=O)c3occc3C)CC2)cc1OC. The molecule has 1 aliphatic heterocycles. The minimum absolute atomic E-state index is 0.0223. The zero-order chi connectivity index (χ0) is 22.9. The van der Waals surface area contributed by atoms with Gasteiger partial charge in [0.1, 0.15) is 0 Å². The topological polar surface area (TPSA) is 81.0 Å². The van der Waals surface area contributed by atoms with Crippen LogP contribution < -0.4 is 14.8 Å². The zero-order valence-corrected chi connectivity index (χ0v) is 19.3. The summed E-state index contributed by atoms with van der Waals surface area (Å²) in [7, 11) is 1.59. The van der Waals surface area contributed by atoms with Crippen molar-refractivity contribution in [2.45, 2.75) is 58.4 Å². The summed E-state index contributed by atoms with van der Waals surface area (Å²) in [5, 5.41) is 3.01. The molecule has 32 heavy (non-hydrogen) atoms. The first-order chi connectivity index (χ1) is 15.5. The number of carbonyl (C=O) groups is 2. The van der Waals surface area contributed by atoms with E-state index in [1.54, 1.807) is 25.3 Å². The zero-order valence-electron chi connectivity index (χ0n) is 19.3. The number of rotatable bonds is 10. The number of aryl methyl sites for hydroxylation is 1. The first-order valence-electron chi connectivity index (χ1n) is 11.5. The third kappa shape index (κ3) is 6.05. The monoisotopic (exact) mass is 442 g/mol. The molecule has 1 aromatic heterocycles. The fourth-order valence-corrected chi connectivity index (χ4v) is 3.90. The maximum Gasteiger partial charge on any atom is 0.287 e. The van der Waals surface area contributed by atoms with E-state index < -0.39 is 0 Å². The first-order valence-corrected chi connectivity index (χ1v) is 11.5. The van der Waals surface area contributed by atoms with Crippen LogP contribution in [-0.2, 0) is 0 Å². The third-order valence-electron chi connectivity index (χ3n) is 5.85. The average molecular weight is 443 g/mol. The van der Waals surface area contributed by atoms with Gasteiger partial charge in [0, 0.05) is 30.3 Å². The summed E-state index contributed by atoms with van der Waals surface area (Å²) in [5.41, 5.74) is 1.39. The molecule has 0 bridgehead atoms. The summed E-state index contributed by atoms with van der Waals surface area (Å²) >= 11 is 0. The number of methoxy groups -OCH3 is 1. The predicted octanol–water partition coefficient (Wildman–Crippen LogP) is 4.59. The highest BCUT2D eigenvalue weighted by Gasteiger charge is 2.26. The minimum atomic E-state index is -0.202. The van der Waals surface area contributed by atoms with Crippen LogP contribution >= 0.6 is 0 Å². The summed E-state index contributed by atoms with van der Waals surface area (Å²) in [5.74, 6) is 1.34. The Kier molecular flexibility index (Phi) is 8.59. The van der Waals surface area contributed by atoms with E-state index in [9.17, 15) is 9.59 Å². The Morgan fingerprint density at radius 1 is 1.12 bits per heavy atom. The highest BCUT2D eigenvalue weighted by Crippen LogP contribution is 2.29. The summed E-state index contributed by atoms with van der Waals surface area (Å²) in [4.78, 5) is 27.2. The number of benzene rings is 1. The van der Waals surface area contributed by atoms with Crippen LogP contribution in [0.25, 0.3) is 0 Å². The van der Waals surface area contributed by atoms with Crippen molar-refractivity contribution in [1.29, 1.82) is 0 Å². The van der Waals surface area contributed by atoms with E-state index in [4.69, 9.17) is 13.9 Å². The smallest absolute Gasteiger partial charge is 0.287 e. The molecular formula is C25H34N2O5. The lowest BCUT2D eigenvalue weighted by molar-refractivity contribution is 0.0695. The van der Waals surface area contributed by atoms with Crippen LogP contribution in [0.3, 0.4) is 0 Å². The van der Waals surface area contributed by atoms with Crippen LogP contribution in [0.2, 0.25) is 0 Å². The molecule has 0 aliphatic carbocycles. The van der Waals surface area contributed by atoms with Crippen LogP contribution in [0.4, 0.5) is 0 Å². The summed E-state index contributed by atoms with van der Waals surface area (Å²) in [6.07, 6.45) is 7.46. The fraction of sp³-hybridized carbons (Fsp3) is 0.520. The van der Waals surface area contributed by atoms with E-state index in [2.05, 4.69) is 12.2 Å². The molecule has 0 unspecified atom stereocenters. The van der Waals surface area contributed by atoms with Gasteiger partial charge in [0.15, 0.2) is 17.3 Å². The Morgan fingerprint density at radius 3 is 2.56 bits per heavy atom. The predicted molar refractivity (Wildman–Crippen MR) is 122 cm³/mol. The van der Waals surface area contributed by atoms with E-state index in [1.165, 1.54) is 19.1 Å². The molecule has 0 saturated carbocycles. The van der Waals surface area contributed by atoms with Gasteiger partial charge >= 0.3 is 0 Å². The van der Waals surface area contributed by atoms with Gasteiger partial charge in [-0.15, -0.1) is 0 Å². The Morgan fingerprint density at radius 2 is 1.91 bits per heavy atom. The first kappa shape index (κ1) is 23.7. The average Bonchev–Trinajstić information content (AvgIpc) is 3.25. The van der Waals surface area contributed by atoms with Gasteiger partial charge in [-0.1, -0.05) is 26.2 Å². The Hall–Kier alpha value is -2.96. The Labute approximate surface area is 190 Å². The number of carbonyl (C=O) groups excluding carboxylic acids is 2. The molecule has 0 atom stereocenters. The lowest BCUT2D eigenvalue weighted by Crippen LogP contribution is -2.46. The largest absolute Gasteiger partial charge is 0.493 e. The number of likely N-dealkylation sites (tertiary alicyclic amines) is 1. The van der Waals surface area contributed by atoms with Crippen molar-refractivity contribution in [2.24, 2.45) is 0 Å². The van der Waals surface area contributed by atoms with Crippen LogP contribution in [0.1, 0.15) is 71.9 Å². The van der Waals surface area contributed by atoms with Gasteiger partial charge in [0.2, 0.25) is 0 Å². The van der Waals surface area contributed by atoms with Crippen molar-refractivity contribution in [1.82, 2.24) is 10.2 Å². The number of nitrogens with one attached hydrogen (secondary N) is 1. The highest BCUT2D eigenvalue weighted by atomic mass is 16.5. The molecular weight excluding hydrogens is 408 g/mol. The van der Waals surface area contributed by atoms with Gasteiger partial charge in [-0.25, -0.2) is 0 Å². The van der Waals surface area contributed by atoms with Gasteiger partial charge in [-0.2, -0.15) is 0 Å². The molecule has 7 nitrogen and oxygen atoms in total. The van der Waals surface area contributed by atoms with Gasteiger partial charge in [0.25, 0.3) is 11.8 Å². The molecule has 2 aromatic rings. The number of amides is 2. The maximum absolute atomic E-state index is 13.0. The van der Waals surface area contributed by atoms with E-state index in [-0.39, 0.29) is 17.9 Å². The summed E-state index contributed by atoms with van der Waals surface area (Å²) in [6, 6.07) is 7.14. The van der Waals surface area contributed by atoms with Gasteiger partial charge < -0.3 is 24.1 Å². The number of hydrogen-bond donors (Lipinski definition) is 1. The molecule has 0 spiro atoms. The maximum atomic E-state index is 13.0. The number of piperidine rings is 1. The standard InChI is InChI=1S/C25H34N2O5/c1-4-5-6-7-15-31-21-9-8-19(17-22(21)30-3)25(29)27-13-10-20(11-14-27)26-24(28)23-18(2)12-16-32-23/h8-9,12,16-17,20H,4-7,10-11,13-15H2,1-3H3,(H,26,28). The van der Waals surface area contributed by atoms with Crippen molar-refractivity contribution in [2.75, 3.05) is 26.8 Å². The molecule has 1 aliphatic rings. The molecule has 1 saturated heterocycles. The molecule has 174 valence electrons. The van der Waals surface area contributed by atoms with E-state index in [0.29, 0.717) is 55.4 Å². The van der Waals surface area contributed by atoms with Gasteiger partial charge in [-0.3, -0.25) is 9.59 Å². The molecule has 2 amide bonds. The molecule has 0 radical (unpaired) electrons. The molecule has 1 aromatic carbocycles. The number of hydrogen-bond acceptors (Lipinski definition) is 5. The van der Waals surface area contributed by atoms with Crippen LogP contribution in [0, 0.1) is 6.92 Å². The second-order valence-electron chi connectivity index (χ2n) is 8.25. The number of unbranched alkanes of at least 4 members (excludes halogenated alkanes) is 3. The fourth-order valence-electron chi connectivity index (χ4n) is 3.90. The highest BCUT2D eigenvalue weighted by molar-refractivity contribution is 5.95. The molecule has 3 rings (SSSR count). The van der Waals surface area contributed by atoms with E-state index in [1.807, 2.05) is 17.9 Å². The van der Waals surface area contributed by atoms with Crippen LogP contribution in [-0.4, -0.2) is 49.6 Å². The summed E-state index contributed by atoms with van der Waals surface area (Å²) < 4.78 is 16.6. The Balaban J connectivity index is 1.52. The normalized spacial score (nSPS) is 14.3. The summed E-state index contributed by atoms with van der Waals surface area (Å²) in [6.45, 7) is 5.83. The van der Waals surface area contributed by atoms with Crippen LogP contribution in [0.15, 0.2) is 34.9 Å². The molecule has 1 fully saturated rings. The van der Waals surface area contributed by atoms with Crippen molar-refractivity contribution in [3.8, 4) is 11.5 Å². The second kappa shape index (κ2) is 11.6. The van der Waals surface area contributed by atoms with Crippen molar-refractivity contribution in [3.05, 3.63) is 47.4 Å². The number of furan rings is 1. The van der Waals surface area contributed by atoms with Crippen molar-refractivity contribution >= 4 is 11.8 Å². The lowest BCUT2D eigenvalue weighted by atomic mass is 10.0. The number of ether oxygens (including phenoxy) is 2. The van der Waals surface area contributed by atoms with Gasteiger partial charge in [0.05, 0.1) is 20.0 Å². The van der Waals surface area contributed by atoms with Crippen molar-refractivity contribution in [3.63, 3.8) is 0 Å². The number of nitrogens with zero attached hydrogens (tertiary/aromatic N) is 1. The quantitative estimate of drug-likeness (QED) is 0.544. The van der Waals surface area contributed by atoms with E-state index in [0.717, 1.165) is 18.4 Å². The molecule has 1 N–H and O–H groups in total. The molecule has 2 heterocycles. The third-order valence-corrected chi connectivity index (χ3v) is 5.85. The Bertz CT molecular complexity index is 899. The molecule has 7 heteroatoms.